The van der Waals surface area contributed by atoms with Crippen molar-refractivity contribution in [2.24, 2.45) is 0 Å². The van der Waals surface area contributed by atoms with Crippen LogP contribution < -0.4 is 0 Å². The fraction of sp³-hybridized carbons (Fsp3) is 0.400. The maximum absolute atomic E-state index is 13.2. The van der Waals surface area contributed by atoms with Crippen LogP contribution in [0.25, 0.3) is 11.5 Å². The van der Waals surface area contributed by atoms with E-state index in [1.54, 1.807) is 7.05 Å². The summed E-state index contributed by atoms with van der Waals surface area (Å²) in [5.41, 5.74) is 2.03. The number of likely N-dealkylation sites (N-methyl/N-ethyl adjacent to an activating group) is 1. The second kappa shape index (κ2) is 9.72. The molecule has 0 unspecified atom stereocenters. The van der Waals surface area contributed by atoms with Crippen LogP contribution in [0, 0.1) is 0 Å². The van der Waals surface area contributed by atoms with Crippen LogP contribution in [0.1, 0.15) is 45.1 Å². The molecular weight excluding hydrogens is 488 g/mol. The van der Waals surface area contributed by atoms with Crippen LogP contribution in [0.2, 0.25) is 5.02 Å². The lowest BCUT2D eigenvalue weighted by molar-refractivity contribution is -0.134. The number of hydrogen-bond acceptors (Lipinski definition) is 6. The van der Waals surface area contributed by atoms with Crippen molar-refractivity contribution in [1.29, 1.82) is 0 Å². The van der Waals surface area contributed by atoms with Gasteiger partial charge in [-0.25, -0.2) is 8.42 Å². The van der Waals surface area contributed by atoms with Gasteiger partial charge in [0.05, 0.1) is 11.4 Å². The van der Waals surface area contributed by atoms with E-state index < -0.39 is 16.1 Å². The molecule has 0 saturated carbocycles. The zero-order valence-electron chi connectivity index (χ0n) is 20.2. The Bertz CT molecular complexity index is 1300. The molecule has 2 aromatic carbocycles. The van der Waals surface area contributed by atoms with Crippen molar-refractivity contribution in [1.82, 2.24) is 19.4 Å². The van der Waals surface area contributed by atoms with Crippen LogP contribution >= 0.6 is 11.6 Å². The van der Waals surface area contributed by atoms with Crippen LogP contribution in [-0.2, 0) is 26.8 Å². The van der Waals surface area contributed by atoms with Gasteiger partial charge in [-0.3, -0.25) is 4.79 Å². The second-order valence-electron chi connectivity index (χ2n) is 9.75. The quantitative estimate of drug-likeness (QED) is 0.478. The van der Waals surface area contributed by atoms with Crippen molar-refractivity contribution >= 4 is 27.5 Å². The molecule has 1 saturated heterocycles. The van der Waals surface area contributed by atoms with Crippen LogP contribution in [0.4, 0.5) is 0 Å². The van der Waals surface area contributed by atoms with Crippen molar-refractivity contribution in [2.75, 3.05) is 13.6 Å². The first kappa shape index (κ1) is 25.3. The van der Waals surface area contributed by atoms with Crippen molar-refractivity contribution in [3.8, 4) is 11.5 Å². The number of sulfonamides is 1. The lowest BCUT2D eigenvalue weighted by atomic mass is 9.87. The van der Waals surface area contributed by atoms with Crippen LogP contribution in [0.5, 0.6) is 0 Å². The Balaban J connectivity index is 1.45. The first-order valence-corrected chi connectivity index (χ1v) is 13.2. The van der Waals surface area contributed by atoms with E-state index in [4.69, 9.17) is 16.0 Å². The van der Waals surface area contributed by atoms with Gasteiger partial charge in [-0.05, 0) is 60.2 Å². The number of aromatic nitrogens is 2. The topological polar surface area (TPSA) is 96.6 Å². The number of amides is 1. The molecule has 2 heterocycles. The van der Waals surface area contributed by atoms with Gasteiger partial charge >= 0.3 is 0 Å². The molecule has 0 radical (unpaired) electrons. The number of carbonyl (C=O) groups excluding carboxylic acids is 1. The highest BCUT2D eigenvalue weighted by atomic mass is 35.5. The van der Waals surface area contributed by atoms with Gasteiger partial charge < -0.3 is 9.32 Å². The van der Waals surface area contributed by atoms with E-state index in [1.807, 2.05) is 24.3 Å². The Morgan fingerprint density at radius 2 is 1.77 bits per heavy atom. The standard InChI is InChI=1S/C25H29ClN4O4S/c1-25(2,3)18-9-7-17(8-10-18)23-28-27-22(34-23)16-29(4)24(31)21-6-5-15-30(21)35(32,33)20-13-11-19(26)12-14-20/h7-14,21H,5-6,15-16H2,1-4H3/t21-/m1/s1. The van der Waals surface area contributed by atoms with Gasteiger partial charge in [0, 0.05) is 24.2 Å². The van der Waals surface area contributed by atoms with Gasteiger partial charge in [0.15, 0.2) is 0 Å². The smallest absolute Gasteiger partial charge is 0.247 e. The summed E-state index contributed by atoms with van der Waals surface area (Å²) in [6.07, 6.45) is 1.05. The first-order chi connectivity index (χ1) is 16.5. The predicted molar refractivity (Wildman–Crippen MR) is 133 cm³/mol. The third-order valence-electron chi connectivity index (χ3n) is 6.12. The molecule has 8 nitrogen and oxygen atoms in total. The van der Waals surface area contributed by atoms with Gasteiger partial charge in [0.1, 0.15) is 6.04 Å². The third-order valence-corrected chi connectivity index (χ3v) is 8.30. The molecule has 186 valence electrons. The Labute approximate surface area is 211 Å². The zero-order chi connectivity index (χ0) is 25.4. The third kappa shape index (κ3) is 5.42. The minimum absolute atomic E-state index is 0.0385. The molecule has 0 spiro atoms. The molecular formula is C25H29ClN4O4S. The van der Waals surface area contributed by atoms with E-state index in [2.05, 4.69) is 31.0 Å². The zero-order valence-corrected chi connectivity index (χ0v) is 21.8. The molecule has 0 N–H and O–H groups in total. The number of hydrogen-bond donors (Lipinski definition) is 0. The molecule has 1 aromatic heterocycles. The molecule has 4 rings (SSSR count). The van der Waals surface area contributed by atoms with Crippen molar-refractivity contribution < 1.29 is 17.6 Å². The summed E-state index contributed by atoms with van der Waals surface area (Å²) in [5, 5.41) is 8.65. The maximum Gasteiger partial charge on any atom is 0.247 e. The lowest BCUT2D eigenvalue weighted by Crippen LogP contribution is -2.46. The average molecular weight is 517 g/mol. The van der Waals surface area contributed by atoms with Crippen molar-refractivity contribution in [3.63, 3.8) is 0 Å². The minimum atomic E-state index is -3.83. The Morgan fingerprint density at radius 3 is 2.40 bits per heavy atom. The summed E-state index contributed by atoms with van der Waals surface area (Å²) in [4.78, 5) is 14.8. The highest BCUT2D eigenvalue weighted by molar-refractivity contribution is 7.89. The molecule has 10 heteroatoms. The Kier molecular flexibility index (Phi) is 7.04. The molecule has 35 heavy (non-hydrogen) atoms. The van der Waals surface area contributed by atoms with E-state index in [0.717, 1.165) is 5.56 Å². The van der Waals surface area contributed by atoms with Crippen LogP contribution in [0.15, 0.2) is 57.8 Å². The monoisotopic (exact) mass is 516 g/mol. The van der Waals surface area contributed by atoms with Gasteiger partial charge in [-0.15, -0.1) is 10.2 Å². The normalized spacial score (nSPS) is 17.0. The van der Waals surface area contributed by atoms with Crippen molar-refractivity contribution in [2.45, 2.75) is 56.5 Å². The second-order valence-corrected chi connectivity index (χ2v) is 12.1. The highest BCUT2D eigenvalue weighted by Crippen LogP contribution is 2.29. The first-order valence-electron chi connectivity index (χ1n) is 11.4. The highest BCUT2D eigenvalue weighted by Gasteiger charge is 2.40. The van der Waals surface area contributed by atoms with Gasteiger partial charge in [-0.2, -0.15) is 4.31 Å². The van der Waals surface area contributed by atoms with E-state index in [0.29, 0.717) is 23.8 Å². The van der Waals surface area contributed by atoms with Crippen molar-refractivity contribution in [3.05, 3.63) is 65.0 Å². The summed E-state index contributed by atoms with van der Waals surface area (Å²) in [6.45, 7) is 6.80. The molecule has 1 atom stereocenters. The van der Waals surface area contributed by atoms with E-state index >= 15 is 0 Å². The number of nitrogens with zero attached hydrogens (tertiary/aromatic N) is 4. The van der Waals surface area contributed by atoms with Gasteiger partial charge in [0.25, 0.3) is 0 Å². The van der Waals surface area contributed by atoms with Gasteiger partial charge in [0.2, 0.25) is 27.7 Å². The Hall–Kier alpha value is -2.75. The molecule has 3 aromatic rings. The average Bonchev–Trinajstić information content (AvgIpc) is 3.49. The minimum Gasteiger partial charge on any atom is -0.419 e. The number of benzene rings is 2. The summed E-state index contributed by atoms with van der Waals surface area (Å²) >= 11 is 5.90. The summed E-state index contributed by atoms with van der Waals surface area (Å²) in [5.74, 6) is 0.337. The fourth-order valence-corrected chi connectivity index (χ4v) is 5.88. The lowest BCUT2D eigenvalue weighted by Gasteiger charge is -2.26. The van der Waals surface area contributed by atoms with E-state index in [-0.39, 0.29) is 35.2 Å². The number of halogens is 1. The van der Waals surface area contributed by atoms with E-state index in [9.17, 15) is 13.2 Å². The fourth-order valence-electron chi connectivity index (χ4n) is 4.10. The molecule has 0 aliphatic carbocycles. The SMILES string of the molecule is CN(Cc1nnc(-c2ccc(C(C)(C)C)cc2)o1)C(=O)[C@H]1CCCN1S(=O)(=O)c1ccc(Cl)cc1. The van der Waals surface area contributed by atoms with Crippen LogP contribution in [-0.4, -0.2) is 53.4 Å². The van der Waals surface area contributed by atoms with Crippen LogP contribution in [0.3, 0.4) is 0 Å². The molecule has 1 aliphatic rings. The maximum atomic E-state index is 13.2. The molecule has 0 bridgehead atoms. The number of carbonyl (C=O) groups is 1. The van der Waals surface area contributed by atoms with E-state index in [1.165, 1.54) is 39.0 Å². The summed E-state index contributed by atoms with van der Waals surface area (Å²) in [7, 11) is -2.22. The molecule has 1 aliphatic heterocycles. The number of rotatable bonds is 6. The summed E-state index contributed by atoms with van der Waals surface area (Å²) in [6, 6.07) is 13.1. The molecule has 1 fully saturated rings. The summed E-state index contributed by atoms with van der Waals surface area (Å²) < 4.78 is 33.4. The predicted octanol–water partition coefficient (Wildman–Crippen LogP) is 4.50. The molecule has 1 amide bonds. The van der Waals surface area contributed by atoms with Gasteiger partial charge in [-0.1, -0.05) is 44.5 Å². The largest absolute Gasteiger partial charge is 0.419 e. The Morgan fingerprint density at radius 1 is 1.11 bits per heavy atom.